The number of hydrogen-bond donors (Lipinski definition) is 3. The summed E-state index contributed by atoms with van der Waals surface area (Å²) in [6.45, 7) is 4.31. The molecule has 0 aromatic heterocycles. The molecule has 1 atom stereocenters. The summed E-state index contributed by atoms with van der Waals surface area (Å²) < 4.78 is 21.7. The minimum atomic E-state index is -0.825. The number of benzene rings is 1. The van der Waals surface area contributed by atoms with Gasteiger partial charge < -0.3 is 34.3 Å². The maximum Gasteiger partial charge on any atom is 0.303 e. The third kappa shape index (κ3) is 9.08. The first-order valence-electron chi connectivity index (χ1n) is 12.5. The third-order valence-electron chi connectivity index (χ3n) is 5.94. The van der Waals surface area contributed by atoms with Gasteiger partial charge in [-0.1, -0.05) is 6.07 Å². The van der Waals surface area contributed by atoms with Gasteiger partial charge in [0.15, 0.2) is 0 Å². The number of carboxylic acids is 1. The summed E-state index contributed by atoms with van der Waals surface area (Å²) in [4.78, 5) is 48.4. The summed E-state index contributed by atoms with van der Waals surface area (Å²) in [5.41, 5.74) is 2.23. The zero-order valence-corrected chi connectivity index (χ0v) is 20.9. The number of rotatable bonds is 18. The number of carbonyl (C=O) groups excluding carboxylic acids is 3. The van der Waals surface area contributed by atoms with Gasteiger partial charge >= 0.3 is 5.97 Å². The fourth-order valence-electron chi connectivity index (χ4n) is 4.10. The molecule has 1 fully saturated rings. The molecule has 2 aliphatic heterocycles. The van der Waals surface area contributed by atoms with Gasteiger partial charge in [0.05, 0.1) is 46.2 Å². The molecule has 0 spiro atoms. The van der Waals surface area contributed by atoms with E-state index >= 15 is 0 Å². The van der Waals surface area contributed by atoms with E-state index in [9.17, 15) is 19.2 Å². The highest BCUT2D eigenvalue weighted by Crippen LogP contribution is 2.32. The number of amides is 3. The number of aliphatic carboxylic acids is 1. The molecule has 12 heteroatoms. The fourth-order valence-corrected chi connectivity index (χ4v) is 4.10. The van der Waals surface area contributed by atoms with Crippen LogP contribution < -0.4 is 10.6 Å². The monoisotopic (exact) mass is 521 g/mol. The van der Waals surface area contributed by atoms with E-state index in [0.717, 1.165) is 11.3 Å². The van der Waals surface area contributed by atoms with Crippen LogP contribution in [-0.4, -0.2) is 99.1 Å². The Morgan fingerprint density at radius 3 is 2.27 bits per heavy atom. The molecule has 204 valence electrons. The molecular formula is C25H35N3O9. The van der Waals surface area contributed by atoms with Gasteiger partial charge in [0.2, 0.25) is 11.8 Å². The normalized spacial score (nSPS) is 17.1. The van der Waals surface area contributed by atoms with Crippen molar-refractivity contribution in [2.24, 2.45) is 0 Å². The minimum absolute atomic E-state index is 0.104. The maximum atomic E-state index is 12.9. The lowest BCUT2D eigenvalue weighted by Crippen LogP contribution is -2.52. The number of piperidine rings is 1. The first-order chi connectivity index (χ1) is 18.0. The molecule has 0 aliphatic carbocycles. The van der Waals surface area contributed by atoms with Crippen LogP contribution in [0.1, 0.15) is 41.6 Å². The van der Waals surface area contributed by atoms with Crippen LogP contribution >= 0.6 is 0 Å². The molecule has 0 radical (unpaired) electrons. The van der Waals surface area contributed by atoms with Crippen molar-refractivity contribution in [3.05, 3.63) is 29.3 Å². The molecule has 2 heterocycles. The number of ether oxygens (including phenoxy) is 4. The predicted octanol–water partition coefficient (Wildman–Crippen LogP) is 0.791. The maximum absolute atomic E-state index is 12.9. The van der Waals surface area contributed by atoms with Crippen LogP contribution in [-0.2, 0) is 39.9 Å². The first-order valence-corrected chi connectivity index (χ1v) is 12.5. The van der Waals surface area contributed by atoms with Crippen LogP contribution in [0.5, 0.6) is 0 Å². The average Bonchev–Trinajstić information content (AvgIpc) is 3.20. The van der Waals surface area contributed by atoms with Crippen molar-refractivity contribution in [2.45, 2.75) is 38.3 Å². The lowest BCUT2D eigenvalue weighted by molar-refractivity contribution is -0.138. The van der Waals surface area contributed by atoms with Gasteiger partial charge in [0.1, 0.15) is 6.04 Å². The highest BCUT2D eigenvalue weighted by atomic mass is 16.6. The molecule has 12 nitrogen and oxygen atoms in total. The fraction of sp³-hybridized carbons (Fsp3) is 0.600. The zero-order chi connectivity index (χ0) is 26.5. The predicted molar refractivity (Wildman–Crippen MR) is 131 cm³/mol. The van der Waals surface area contributed by atoms with Crippen molar-refractivity contribution in [3.63, 3.8) is 0 Å². The Labute approximate surface area is 215 Å². The number of imide groups is 1. The van der Waals surface area contributed by atoms with E-state index in [1.165, 1.54) is 4.90 Å². The second kappa shape index (κ2) is 15.3. The van der Waals surface area contributed by atoms with E-state index in [4.69, 9.17) is 24.1 Å². The lowest BCUT2D eigenvalue weighted by Gasteiger charge is -2.29. The molecule has 0 bridgehead atoms. The quantitative estimate of drug-likeness (QED) is 0.187. The van der Waals surface area contributed by atoms with Crippen LogP contribution in [0.3, 0.4) is 0 Å². The average molecular weight is 522 g/mol. The van der Waals surface area contributed by atoms with Gasteiger partial charge in [-0.3, -0.25) is 24.5 Å². The molecule has 1 saturated heterocycles. The number of hydrogen-bond acceptors (Lipinski definition) is 9. The number of carboxylic acid groups (broad SMARTS) is 1. The molecule has 3 amide bonds. The lowest BCUT2D eigenvalue weighted by atomic mass is 10.0. The summed E-state index contributed by atoms with van der Waals surface area (Å²) in [7, 11) is 0. The van der Waals surface area contributed by atoms with E-state index in [-0.39, 0.29) is 24.7 Å². The summed E-state index contributed by atoms with van der Waals surface area (Å²) in [5.74, 6) is -1.75. The van der Waals surface area contributed by atoms with Crippen LogP contribution in [0.25, 0.3) is 0 Å². The van der Waals surface area contributed by atoms with Crippen molar-refractivity contribution >= 4 is 29.4 Å². The molecule has 1 unspecified atom stereocenters. The van der Waals surface area contributed by atoms with E-state index < -0.39 is 17.9 Å². The summed E-state index contributed by atoms with van der Waals surface area (Å²) in [6.07, 6.45) is 1.15. The summed E-state index contributed by atoms with van der Waals surface area (Å²) >= 11 is 0. The number of nitrogens with zero attached hydrogens (tertiary/aromatic N) is 1. The smallest absolute Gasteiger partial charge is 0.303 e. The number of fused-ring (bicyclic) bond motifs is 1. The molecule has 0 saturated carbocycles. The van der Waals surface area contributed by atoms with Crippen LogP contribution in [0.15, 0.2) is 18.2 Å². The molecule has 37 heavy (non-hydrogen) atoms. The minimum Gasteiger partial charge on any atom is -0.481 e. The van der Waals surface area contributed by atoms with E-state index in [2.05, 4.69) is 10.6 Å². The van der Waals surface area contributed by atoms with Gasteiger partial charge in [0.25, 0.3) is 5.91 Å². The topological polar surface area (TPSA) is 153 Å². The Bertz CT molecular complexity index is 940. The van der Waals surface area contributed by atoms with Gasteiger partial charge in [-0.25, -0.2) is 0 Å². The molecule has 3 rings (SSSR count). The molecular weight excluding hydrogens is 486 g/mol. The van der Waals surface area contributed by atoms with Gasteiger partial charge in [-0.15, -0.1) is 0 Å². The summed E-state index contributed by atoms with van der Waals surface area (Å²) in [5, 5.41) is 14.1. The van der Waals surface area contributed by atoms with Crippen molar-refractivity contribution in [3.8, 4) is 0 Å². The van der Waals surface area contributed by atoms with Crippen molar-refractivity contribution in [2.75, 3.05) is 64.7 Å². The second-order valence-electron chi connectivity index (χ2n) is 8.61. The third-order valence-corrected chi connectivity index (χ3v) is 5.94. The molecule has 2 aliphatic rings. The van der Waals surface area contributed by atoms with E-state index in [1.54, 1.807) is 12.1 Å². The molecule has 1 aromatic carbocycles. The SMILES string of the molecule is O=C(O)CCCOCCOCCOCCOCCNc1cccc2c1CN(C1CCC(=O)NC1=O)C2=O. The highest BCUT2D eigenvalue weighted by Gasteiger charge is 2.39. The van der Waals surface area contributed by atoms with Crippen LogP contribution in [0, 0.1) is 0 Å². The van der Waals surface area contributed by atoms with Crippen LogP contribution in [0.4, 0.5) is 5.69 Å². The Hall–Kier alpha value is -3.06. The first kappa shape index (κ1) is 28.5. The van der Waals surface area contributed by atoms with Crippen molar-refractivity contribution < 1.29 is 43.2 Å². The highest BCUT2D eigenvalue weighted by molar-refractivity contribution is 6.06. The standard InChI is InChI=1S/C25H35N3O9/c29-22-7-6-21(24(32)27-22)28-17-19-18(25(28)33)3-1-4-20(19)26-8-10-35-12-14-37-16-15-36-13-11-34-9-2-5-23(30)31/h1,3-4,21,26H,2,5-17H2,(H,30,31)(H,27,29,32). The molecule has 1 aromatic rings. The Morgan fingerprint density at radius 2 is 1.62 bits per heavy atom. The Kier molecular flexibility index (Phi) is 11.8. The molecule has 3 N–H and O–H groups in total. The van der Waals surface area contributed by atoms with Gasteiger partial charge in [0, 0.05) is 49.4 Å². The van der Waals surface area contributed by atoms with Crippen LogP contribution in [0.2, 0.25) is 0 Å². The van der Waals surface area contributed by atoms with Gasteiger partial charge in [-0.05, 0) is 25.0 Å². The number of carbonyl (C=O) groups is 4. The number of anilines is 1. The number of nitrogens with one attached hydrogen (secondary N) is 2. The van der Waals surface area contributed by atoms with Crippen molar-refractivity contribution in [1.82, 2.24) is 10.2 Å². The van der Waals surface area contributed by atoms with E-state index in [0.29, 0.717) is 84.3 Å². The Balaban J connectivity index is 1.23. The largest absolute Gasteiger partial charge is 0.481 e. The van der Waals surface area contributed by atoms with E-state index in [1.807, 2.05) is 6.07 Å². The second-order valence-corrected chi connectivity index (χ2v) is 8.61. The van der Waals surface area contributed by atoms with Crippen molar-refractivity contribution in [1.29, 1.82) is 0 Å². The Morgan fingerprint density at radius 1 is 0.973 bits per heavy atom. The van der Waals surface area contributed by atoms with Gasteiger partial charge in [-0.2, -0.15) is 0 Å². The zero-order valence-electron chi connectivity index (χ0n) is 20.9. The summed E-state index contributed by atoms with van der Waals surface area (Å²) in [6, 6.07) is 4.81.